The number of nitrogens with zero attached hydrogens (tertiary/aromatic N) is 6. The number of aromatic nitrogens is 2. The number of aldehydes is 1. The number of nitrogens with one attached hydrogen (secondary N) is 3. The van der Waals surface area contributed by atoms with Crippen molar-refractivity contribution < 1.29 is 19.5 Å². The zero-order chi connectivity index (χ0) is 37.7. The number of carbonyl (C=O) groups excluding carboxylic acids is 3. The molecule has 1 unspecified atom stereocenters. The van der Waals surface area contributed by atoms with Gasteiger partial charge in [0.05, 0.1) is 23.5 Å². The minimum Gasteiger partial charge on any atom is -0.507 e. The van der Waals surface area contributed by atoms with Gasteiger partial charge in [-0.25, -0.2) is 0 Å². The number of aromatic hydroxyl groups is 1. The first kappa shape index (κ1) is 37.5. The highest BCUT2D eigenvalue weighted by Crippen LogP contribution is 2.36. The molecule has 4 N–H and O–H groups in total. The summed E-state index contributed by atoms with van der Waals surface area (Å²) in [6, 6.07) is 15.6. The zero-order valence-electron chi connectivity index (χ0n) is 31.8. The molecule has 8 rings (SSSR count). The predicted molar refractivity (Wildman–Crippen MR) is 212 cm³/mol. The summed E-state index contributed by atoms with van der Waals surface area (Å²) in [5, 5.41) is 28.4. The van der Waals surface area contributed by atoms with Crippen molar-refractivity contribution in [1.82, 2.24) is 35.5 Å². The number of para-hydroxylation sites is 1. The molecule has 4 fully saturated rings. The molecule has 0 spiro atoms. The quantitative estimate of drug-likeness (QED) is 0.159. The molecule has 2 aromatic carbocycles. The lowest BCUT2D eigenvalue weighted by atomic mass is 9.87. The lowest BCUT2D eigenvalue weighted by Gasteiger charge is -2.47. The average Bonchev–Trinajstić information content (AvgIpc) is 3.21. The number of benzene rings is 2. The monoisotopic (exact) mass is 749 g/mol. The summed E-state index contributed by atoms with van der Waals surface area (Å²) >= 11 is 0. The molecule has 5 aliphatic rings. The van der Waals surface area contributed by atoms with Crippen LogP contribution in [0.2, 0.25) is 0 Å². The Morgan fingerprint density at radius 2 is 1.65 bits per heavy atom. The van der Waals surface area contributed by atoms with E-state index in [-0.39, 0.29) is 17.6 Å². The van der Waals surface area contributed by atoms with Gasteiger partial charge in [0.1, 0.15) is 12.0 Å². The number of carbonyl (C=O) groups is 3. The number of phenolic OH excluding ortho intramolecular Hbond substituents is 1. The topological polar surface area (TPSA) is 146 Å². The van der Waals surface area contributed by atoms with Gasteiger partial charge < -0.3 is 30.4 Å². The highest BCUT2D eigenvalue weighted by Gasteiger charge is 2.34. The summed E-state index contributed by atoms with van der Waals surface area (Å²) in [4.78, 5) is 46.0. The summed E-state index contributed by atoms with van der Waals surface area (Å²) < 4.78 is 0. The first-order valence-electron chi connectivity index (χ1n) is 20.4. The Morgan fingerprint density at radius 3 is 2.42 bits per heavy atom. The molecular weight excluding hydrogens is 695 g/mol. The number of hydrogen-bond acceptors (Lipinski definition) is 12. The fourth-order valence-corrected chi connectivity index (χ4v) is 9.37. The Hall–Kier alpha value is -4.43. The van der Waals surface area contributed by atoms with E-state index in [4.69, 9.17) is 0 Å². The van der Waals surface area contributed by atoms with Crippen molar-refractivity contribution in [3.05, 3.63) is 65.2 Å². The van der Waals surface area contributed by atoms with Gasteiger partial charge in [-0.05, 0) is 125 Å². The van der Waals surface area contributed by atoms with Crippen molar-refractivity contribution in [1.29, 1.82) is 0 Å². The van der Waals surface area contributed by atoms with Crippen molar-refractivity contribution >= 4 is 29.6 Å². The van der Waals surface area contributed by atoms with E-state index in [2.05, 4.69) is 57.9 Å². The van der Waals surface area contributed by atoms with Crippen LogP contribution in [0.25, 0.3) is 11.3 Å². The van der Waals surface area contributed by atoms with Crippen LogP contribution < -0.4 is 20.9 Å². The number of amides is 2. The smallest absolute Gasteiger partial charge is 0.243 e. The Balaban J connectivity index is 0.727. The summed E-state index contributed by atoms with van der Waals surface area (Å²) in [6.45, 7) is 12.4. The van der Waals surface area contributed by atoms with Gasteiger partial charge in [-0.3, -0.25) is 24.6 Å². The summed E-state index contributed by atoms with van der Waals surface area (Å²) in [6.07, 6.45) is 7.67. The van der Waals surface area contributed by atoms with Crippen LogP contribution in [0.1, 0.15) is 72.3 Å². The molecule has 6 heterocycles. The molecule has 2 amide bonds. The predicted octanol–water partition coefficient (Wildman–Crippen LogP) is 3.45. The third kappa shape index (κ3) is 8.85. The van der Waals surface area contributed by atoms with Crippen molar-refractivity contribution in [3.63, 3.8) is 0 Å². The van der Waals surface area contributed by atoms with E-state index < -0.39 is 6.04 Å². The van der Waals surface area contributed by atoms with E-state index in [1.807, 2.05) is 30.3 Å². The van der Waals surface area contributed by atoms with E-state index in [0.717, 1.165) is 87.9 Å². The average molecular weight is 750 g/mol. The minimum absolute atomic E-state index is 0.223. The van der Waals surface area contributed by atoms with Crippen molar-refractivity contribution in [2.75, 3.05) is 82.2 Å². The molecule has 13 heteroatoms. The van der Waals surface area contributed by atoms with Crippen LogP contribution in [0.5, 0.6) is 5.75 Å². The van der Waals surface area contributed by atoms with Gasteiger partial charge in [0, 0.05) is 56.8 Å². The third-order valence-electron chi connectivity index (χ3n) is 12.6. The number of rotatable bonds is 12. The Morgan fingerprint density at radius 1 is 0.873 bits per heavy atom. The van der Waals surface area contributed by atoms with Crippen LogP contribution in [-0.4, -0.2) is 132 Å². The number of piperazine rings is 1. The molecule has 5 aliphatic heterocycles. The number of imide groups is 1. The second-order valence-corrected chi connectivity index (χ2v) is 16.2. The number of phenols is 1. The Labute approximate surface area is 323 Å². The fourth-order valence-electron chi connectivity index (χ4n) is 9.37. The van der Waals surface area contributed by atoms with Crippen LogP contribution in [0.4, 0.5) is 11.5 Å². The molecule has 55 heavy (non-hydrogen) atoms. The van der Waals surface area contributed by atoms with Crippen LogP contribution >= 0.6 is 0 Å². The highest BCUT2D eigenvalue weighted by atomic mass is 16.3. The molecular formula is C42H55N9O4. The SMILES string of the molecule is O=Cc1cc(C2CCN(CCCN3CCC(CN4CCN5c6cc(-c7ccccc7O)nnc6NC[C@H]5C4)CC3)CC2)ccc1CNC1CCC(=O)NC1=O. The van der Waals surface area contributed by atoms with Crippen molar-refractivity contribution in [2.45, 2.75) is 69.5 Å². The van der Waals surface area contributed by atoms with Crippen molar-refractivity contribution in [3.8, 4) is 17.0 Å². The summed E-state index contributed by atoms with van der Waals surface area (Å²) in [5.41, 5.74) is 5.28. The third-order valence-corrected chi connectivity index (χ3v) is 12.6. The van der Waals surface area contributed by atoms with Gasteiger partial charge in [0.15, 0.2) is 5.82 Å². The number of piperidine rings is 3. The van der Waals surface area contributed by atoms with Gasteiger partial charge >= 0.3 is 0 Å². The summed E-state index contributed by atoms with van der Waals surface area (Å²) in [7, 11) is 0. The van der Waals surface area contributed by atoms with Crippen LogP contribution in [0.3, 0.4) is 0 Å². The van der Waals surface area contributed by atoms with Gasteiger partial charge in [-0.1, -0.05) is 24.3 Å². The zero-order valence-corrected chi connectivity index (χ0v) is 31.8. The summed E-state index contributed by atoms with van der Waals surface area (Å²) in [5.74, 6) is 1.74. The maximum atomic E-state index is 12.1. The molecule has 292 valence electrons. The number of likely N-dealkylation sites (tertiary alicyclic amines) is 2. The highest BCUT2D eigenvalue weighted by molar-refractivity contribution is 6.00. The molecule has 13 nitrogen and oxygen atoms in total. The lowest BCUT2D eigenvalue weighted by molar-refractivity contribution is -0.134. The number of anilines is 2. The van der Waals surface area contributed by atoms with E-state index in [1.165, 1.54) is 51.0 Å². The standard InChI is InChI=1S/C42H55N9O4/c52-28-33-22-31(6-7-32(33)24-43-36-8-9-40(54)45-42(36)55)30-12-18-49(19-13-30)15-3-14-48-16-10-29(11-17-48)26-50-20-21-51-34(27-50)25-44-41-38(51)23-37(46-47-41)35-4-1-2-5-39(35)53/h1-2,4-7,22-23,28-30,34,36,43,53H,3,8-21,24-27H2,(H,44,47)(H,45,54,55)/t34-,36?/m0/s1. The largest absolute Gasteiger partial charge is 0.507 e. The maximum Gasteiger partial charge on any atom is 0.243 e. The van der Waals surface area contributed by atoms with Gasteiger partial charge in [-0.15, -0.1) is 10.2 Å². The van der Waals surface area contributed by atoms with Crippen LogP contribution in [0, 0.1) is 5.92 Å². The van der Waals surface area contributed by atoms with Gasteiger partial charge in [0.2, 0.25) is 11.8 Å². The maximum absolute atomic E-state index is 12.1. The lowest BCUT2D eigenvalue weighted by Crippen LogP contribution is -2.58. The second kappa shape index (κ2) is 17.2. The van der Waals surface area contributed by atoms with Gasteiger partial charge in [0.25, 0.3) is 0 Å². The number of fused-ring (bicyclic) bond motifs is 3. The minimum atomic E-state index is -0.411. The normalized spacial score (nSPS) is 23.2. The molecule has 4 saturated heterocycles. The first-order valence-corrected chi connectivity index (χ1v) is 20.4. The van der Waals surface area contributed by atoms with Crippen LogP contribution in [0.15, 0.2) is 48.5 Å². The first-order chi connectivity index (χ1) is 26.9. The Kier molecular flexibility index (Phi) is 11.7. The second-order valence-electron chi connectivity index (χ2n) is 16.2. The molecule has 0 radical (unpaired) electrons. The van der Waals surface area contributed by atoms with Crippen molar-refractivity contribution in [2.24, 2.45) is 5.92 Å². The molecule has 2 atom stereocenters. The van der Waals surface area contributed by atoms with E-state index in [9.17, 15) is 19.5 Å². The van der Waals surface area contributed by atoms with E-state index in [0.29, 0.717) is 48.2 Å². The Bertz CT molecular complexity index is 1840. The molecule has 0 bridgehead atoms. The van der Waals surface area contributed by atoms with Gasteiger partial charge in [-0.2, -0.15) is 0 Å². The van der Waals surface area contributed by atoms with E-state index in [1.54, 1.807) is 6.07 Å². The van der Waals surface area contributed by atoms with Crippen LogP contribution in [-0.2, 0) is 16.1 Å². The molecule has 1 aromatic heterocycles. The fraction of sp³-hybridized carbons (Fsp3) is 0.548. The van der Waals surface area contributed by atoms with E-state index >= 15 is 0 Å². The number of hydrogen-bond donors (Lipinski definition) is 4. The molecule has 0 aliphatic carbocycles. The molecule has 0 saturated carbocycles. The molecule has 3 aromatic rings.